The number of esters is 1. The van der Waals surface area contributed by atoms with Crippen molar-refractivity contribution in [2.24, 2.45) is 0 Å². The third kappa shape index (κ3) is 6.37. The zero-order valence-corrected chi connectivity index (χ0v) is 20.5. The number of thioether (sulfide) groups is 1. The first-order valence-corrected chi connectivity index (χ1v) is 11.9. The lowest BCUT2D eigenvalue weighted by Crippen LogP contribution is -2.34. The van der Waals surface area contributed by atoms with Gasteiger partial charge in [0, 0.05) is 10.6 Å². The second-order valence-corrected chi connectivity index (χ2v) is 9.17. The van der Waals surface area contributed by atoms with E-state index in [4.69, 9.17) is 21.1 Å². The summed E-state index contributed by atoms with van der Waals surface area (Å²) in [6.07, 6.45) is 3.23. The van der Waals surface area contributed by atoms with E-state index in [1.807, 2.05) is 25.1 Å². The number of benzene rings is 2. The van der Waals surface area contributed by atoms with Crippen LogP contribution in [0.5, 0.6) is 5.75 Å². The molecule has 1 heterocycles. The Morgan fingerprint density at radius 2 is 2.00 bits per heavy atom. The van der Waals surface area contributed by atoms with Crippen LogP contribution >= 0.6 is 39.3 Å². The van der Waals surface area contributed by atoms with Gasteiger partial charge in [-0.2, -0.15) is 0 Å². The molecule has 3 rings (SSSR count). The minimum absolute atomic E-state index is 0.244. The Morgan fingerprint density at radius 1 is 1.22 bits per heavy atom. The van der Waals surface area contributed by atoms with Crippen LogP contribution in [0.4, 0.5) is 4.79 Å². The quantitative estimate of drug-likeness (QED) is 0.219. The van der Waals surface area contributed by atoms with Gasteiger partial charge in [0.15, 0.2) is 0 Å². The summed E-state index contributed by atoms with van der Waals surface area (Å²) in [5.74, 6) is -0.489. The van der Waals surface area contributed by atoms with Crippen molar-refractivity contribution < 1.29 is 23.9 Å². The van der Waals surface area contributed by atoms with Crippen LogP contribution in [-0.2, 0) is 20.9 Å². The van der Waals surface area contributed by atoms with Crippen LogP contribution in [0.15, 0.2) is 51.8 Å². The number of halogens is 2. The Labute approximate surface area is 204 Å². The van der Waals surface area contributed by atoms with E-state index in [1.165, 1.54) is 0 Å². The van der Waals surface area contributed by atoms with E-state index in [2.05, 4.69) is 15.9 Å². The maximum atomic E-state index is 12.6. The highest BCUT2D eigenvalue weighted by molar-refractivity contribution is 9.10. The van der Waals surface area contributed by atoms with Crippen molar-refractivity contribution in [3.8, 4) is 5.75 Å². The predicted molar refractivity (Wildman–Crippen MR) is 128 cm³/mol. The lowest BCUT2D eigenvalue weighted by atomic mass is 10.2. The van der Waals surface area contributed by atoms with E-state index in [0.29, 0.717) is 27.4 Å². The van der Waals surface area contributed by atoms with Crippen LogP contribution in [0.1, 0.15) is 30.9 Å². The molecular formula is C23H21BrClNO5S. The molecule has 0 radical (unpaired) electrons. The first-order valence-electron chi connectivity index (χ1n) is 9.95. The van der Waals surface area contributed by atoms with Crippen LogP contribution < -0.4 is 4.74 Å². The van der Waals surface area contributed by atoms with E-state index >= 15 is 0 Å². The molecule has 0 bridgehead atoms. The van der Waals surface area contributed by atoms with Crippen LogP contribution in [0.3, 0.4) is 0 Å². The van der Waals surface area contributed by atoms with Gasteiger partial charge in [-0.05, 0) is 64.0 Å². The molecule has 0 N–H and O–H groups in total. The first-order chi connectivity index (χ1) is 15.4. The average Bonchev–Trinajstić information content (AvgIpc) is 3.02. The predicted octanol–water partition coefficient (Wildman–Crippen LogP) is 6.06. The number of amides is 2. The number of ether oxygens (including phenoxy) is 2. The number of hydrogen-bond acceptors (Lipinski definition) is 6. The Balaban J connectivity index is 1.64. The molecule has 1 aliphatic rings. The normalized spacial score (nSPS) is 14.8. The molecule has 9 heteroatoms. The number of rotatable bonds is 9. The maximum absolute atomic E-state index is 12.6. The fourth-order valence-electron chi connectivity index (χ4n) is 2.79. The zero-order valence-electron chi connectivity index (χ0n) is 17.3. The molecule has 1 aliphatic heterocycles. The number of carbonyl (C=O) groups is 3. The maximum Gasteiger partial charge on any atom is 0.326 e. The minimum atomic E-state index is -0.593. The molecule has 0 aromatic heterocycles. The number of unbranched alkanes of at least 4 members (excludes halogenated alkanes) is 1. The third-order valence-corrected chi connectivity index (χ3v) is 6.41. The van der Waals surface area contributed by atoms with Gasteiger partial charge in [0.2, 0.25) is 0 Å². The van der Waals surface area contributed by atoms with Gasteiger partial charge in [0.25, 0.3) is 11.1 Å². The second kappa shape index (κ2) is 11.5. The van der Waals surface area contributed by atoms with E-state index in [1.54, 1.807) is 30.3 Å². The summed E-state index contributed by atoms with van der Waals surface area (Å²) in [7, 11) is 0. The molecule has 168 valence electrons. The summed E-state index contributed by atoms with van der Waals surface area (Å²) in [6, 6.07) is 12.8. The highest BCUT2D eigenvalue weighted by Gasteiger charge is 2.36. The fourth-order valence-corrected chi connectivity index (χ4v) is 4.33. The van der Waals surface area contributed by atoms with Gasteiger partial charge in [-0.15, -0.1) is 0 Å². The van der Waals surface area contributed by atoms with Gasteiger partial charge in [0.05, 0.1) is 16.0 Å². The van der Waals surface area contributed by atoms with Crippen molar-refractivity contribution in [3.63, 3.8) is 0 Å². The Hall–Kier alpha value is -2.29. The number of imide groups is 1. The van der Waals surface area contributed by atoms with Crippen molar-refractivity contribution in [2.75, 3.05) is 13.2 Å². The lowest BCUT2D eigenvalue weighted by Gasteiger charge is -2.11. The number of hydrogen-bond donors (Lipinski definition) is 0. The molecular weight excluding hydrogens is 518 g/mol. The second-order valence-electron chi connectivity index (χ2n) is 6.91. The number of nitrogens with zero attached hydrogens (tertiary/aromatic N) is 1. The molecule has 2 aromatic carbocycles. The third-order valence-electron chi connectivity index (χ3n) is 4.52. The molecule has 2 amide bonds. The van der Waals surface area contributed by atoms with Crippen LogP contribution in [0.2, 0.25) is 5.02 Å². The average molecular weight is 539 g/mol. The minimum Gasteiger partial charge on any atom is -0.488 e. The van der Waals surface area contributed by atoms with Crippen molar-refractivity contribution >= 4 is 62.5 Å². The van der Waals surface area contributed by atoms with Crippen molar-refractivity contribution in [3.05, 3.63) is 68.0 Å². The monoisotopic (exact) mass is 537 g/mol. The largest absolute Gasteiger partial charge is 0.488 e. The highest BCUT2D eigenvalue weighted by atomic mass is 79.9. The molecule has 32 heavy (non-hydrogen) atoms. The smallest absolute Gasteiger partial charge is 0.326 e. The van der Waals surface area contributed by atoms with Gasteiger partial charge in [-0.3, -0.25) is 19.3 Å². The van der Waals surface area contributed by atoms with Crippen LogP contribution in [0, 0.1) is 0 Å². The van der Waals surface area contributed by atoms with Crippen LogP contribution in [0.25, 0.3) is 6.08 Å². The lowest BCUT2D eigenvalue weighted by molar-refractivity contribution is -0.146. The van der Waals surface area contributed by atoms with E-state index in [0.717, 1.165) is 35.1 Å². The van der Waals surface area contributed by atoms with Gasteiger partial charge in [-0.25, -0.2) is 0 Å². The highest BCUT2D eigenvalue weighted by Crippen LogP contribution is 2.34. The van der Waals surface area contributed by atoms with Gasteiger partial charge in [0.1, 0.15) is 18.9 Å². The van der Waals surface area contributed by atoms with Gasteiger partial charge >= 0.3 is 5.97 Å². The zero-order chi connectivity index (χ0) is 23.1. The Kier molecular flexibility index (Phi) is 8.78. The Morgan fingerprint density at radius 3 is 2.72 bits per heavy atom. The molecule has 0 unspecified atom stereocenters. The number of carbonyl (C=O) groups excluding carboxylic acids is 3. The molecule has 2 aromatic rings. The topological polar surface area (TPSA) is 72.9 Å². The van der Waals surface area contributed by atoms with Gasteiger partial charge < -0.3 is 9.47 Å². The first kappa shape index (κ1) is 24.4. The van der Waals surface area contributed by atoms with E-state index in [-0.39, 0.29) is 18.1 Å². The summed E-state index contributed by atoms with van der Waals surface area (Å²) < 4.78 is 11.6. The standard InChI is InChI=1S/C23H21BrClNO5S/c1-2-3-10-30-21(27)13-26-22(28)20(32-23(26)29)12-15-8-9-19(17(24)11-15)31-14-16-6-4-5-7-18(16)25/h4-9,11-12H,2-3,10,13-14H2,1H3/b20-12+. The molecule has 0 aliphatic carbocycles. The molecule has 0 atom stereocenters. The molecule has 0 spiro atoms. The van der Waals surface area contributed by atoms with E-state index < -0.39 is 17.1 Å². The summed E-state index contributed by atoms with van der Waals surface area (Å²) in [5, 5.41) is 0.137. The summed E-state index contributed by atoms with van der Waals surface area (Å²) in [4.78, 5) is 37.8. The summed E-state index contributed by atoms with van der Waals surface area (Å²) in [5.41, 5.74) is 1.57. The fraction of sp³-hybridized carbons (Fsp3) is 0.261. The molecule has 0 saturated carbocycles. The van der Waals surface area contributed by atoms with Crippen molar-refractivity contribution in [2.45, 2.75) is 26.4 Å². The molecule has 6 nitrogen and oxygen atoms in total. The SMILES string of the molecule is CCCCOC(=O)CN1C(=O)S/C(=C/c2ccc(OCc3ccccc3Cl)c(Br)c2)C1=O. The van der Waals surface area contributed by atoms with Crippen LogP contribution in [-0.4, -0.2) is 35.2 Å². The summed E-state index contributed by atoms with van der Waals surface area (Å²) in [6.45, 7) is 2.18. The van der Waals surface area contributed by atoms with Gasteiger partial charge in [-0.1, -0.05) is 49.2 Å². The Bertz CT molecular complexity index is 1060. The molecule has 1 saturated heterocycles. The molecule has 1 fully saturated rings. The summed E-state index contributed by atoms with van der Waals surface area (Å²) >= 11 is 10.4. The van der Waals surface area contributed by atoms with Crippen molar-refractivity contribution in [1.82, 2.24) is 4.90 Å². The van der Waals surface area contributed by atoms with Crippen molar-refractivity contribution in [1.29, 1.82) is 0 Å². The van der Waals surface area contributed by atoms with E-state index in [9.17, 15) is 14.4 Å².